The summed E-state index contributed by atoms with van der Waals surface area (Å²) in [6, 6.07) is 0. The molecule has 0 aromatic heterocycles. The van der Waals surface area contributed by atoms with Crippen molar-refractivity contribution in [3.05, 3.63) is 0 Å². The minimum Gasteiger partial charge on any atom is -0.361 e. The molecule has 0 unspecified atom stereocenters. The molecular weight excluding hydrogens is 272 g/mol. The first-order valence-corrected chi connectivity index (χ1v) is 9.57. The van der Waals surface area contributed by atoms with Crippen molar-refractivity contribution in [1.29, 1.82) is 5.41 Å². The molecule has 124 valence electrons. The van der Waals surface area contributed by atoms with E-state index in [-0.39, 0.29) is 5.54 Å². The van der Waals surface area contributed by atoms with Gasteiger partial charge in [0.15, 0.2) is 5.78 Å². The maximum absolute atomic E-state index is 12.6. The molecule has 0 radical (unpaired) electrons. The second-order valence-electron chi connectivity index (χ2n) is 8.04. The lowest BCUT2D eigenvalue weighted by atomic mass is 9.74. The fourth-order valence-electron chi connectivity index (χ4n) is 5.01. The number of hydrogen-bond acceptors (Lipinski definition) is 2. The molecular formula is C19H32N2O. The van der Waals surface area contributed by atoms with Gasteiger partial charge in [0.25, 0.3) is 0 Å². The van der Waals surface area contributed by atoms with Crippen LogP contribution in [0.2, 0.25) is 0 Å². The Balaban J connectivity index is 1.63. The first-order valence-electron chi connectivity index (χ1n) is 9.57. The van der Waals surface area contributed by atoms with Crippen molar-refractivity contribution in [3.8, 4) is 0 Å². The zero-order chi connectivity index (χ0) is 15.4. The van der Waals surface area contributed by atoms with Crippen LogP contribution in [0.5, 0.6) is 0 Å². The summed E-state index contributed by atoms with van der Waals surface area (Å²) in [4.78, 5) is 12.6. The highest BCUT2D eigenvalue weighted by Gasteiger charge is 2.45. The van der Waals surface area contributed by atoms with Gasteiger partial charge in [0, 0.05) is 0 Å². The van der Waals surface area contributed by atoms with Crippen molar-refractivity contribution < 1.29 is 4.79 Å². The van der Waals surface area contributed by atoms with Crippen molar-refractivity contribution in [2.75, 3.05) is 0 Å². The Hall–Kier alpha value is -0.860. The molecule has 0 bridgehead atoms. The van der Waals surface area contributed by atoms with Gasteiger partial charge in [-0.05, 0) is 31.1 Å². The van der Waals surface area contributed by atoms with E-state index in [1.54, 1.807) is 0 Å². The standard InChI is InChI=1S/C19H32N2O/c20-18-13-17(22)19(21-18,14-16-9-5-2-6-10-16)12-11-15-7-3-1-4-8-15/h15-16H,1-14H2,(H2,20,21)/t19-/m1/s1. The maximum atomic E-state index is 12.6. The predicted octanol–water partition coefficient (Wildman–Crippen LogP) is 4.60. The van der Waals surface area contributed by atoms with E-state index < -0.39 is 0 Å². The Labute approximate surface area is 135 Å². The molecule has 0 aromatic carbocycles. The van der Waals surface area contributed by atoms with Gasteiger partial charge in [-0.1, -0.05) is 64.2 Å². The van der Waals surface area contributed by atoms with Crippen LogP contribution >= 0.6 is 0 Å². The number of Topliss-reactive ketones (excluding diaryl/α,β-unsaturated/α-hetero) is 1. The molecule has 1 aliphatic heterocycles. The van der Waals surface area contributed by atoms with Gasteiger partial charge in [-0.25, -0.2) is 0 Å². The van der Waals surface area contributed by atoms with Crippen molar-refractivity contribution >= 4 is 11.6 Å². The highest BCUT2D eigenvalue weighted by molar-refractivity contribution is 6.11. The van der Waals surface area contributed by atoms with Gasteiger partial charge in [-0.2, -0.15) is 0 Å². The molecule has 1 atom stereocenters. The van der Waals surface area contributed by atoms with Crippen LogP contribution in [0.25, 0.3) is 0 Å². The Bertz CT molecular complexity index is 408. The average Bonchev–Trinajstić information content (AvgIpc) is 2.81. The highest BCUT2D eigenvalue weighted by atomic mass is 16.1. The highest BCUT2D eigenvalue weighted by Crippen LogP contribution is 2.38. The number of carbonyl (C=O) groups excluding carboxylic acids is 1. The summed E-state index contributed by atoms with van der Waals surface area (Å²) in [5, 5.41) is 11.3. The van der Waals surface area contributed by atoms with Gasteiger partial charge in [0.2, 0.25) is 0 Å². The molecule has 0 amide bonds. The van der Waals surface area contributed by atoms with Gasteiger partial charge >= 0.3 is 0 Å². The summed E-state index contributed by atoms with van der Waals surface area (Å²) in [6.07, 6.45) is 16.9. The number of ketones is 1. The Morgan fingerprint density at radius 1 is 0.955 bits per heavy atom. The minimum atomic E-state index is -0.378. The molecule has 3 fully saturated rings. The molecule has 1 heterocycles. The zero-order valence-electron chi connectivity index (χ0n) is 14.0. The van der Waals surface area contributed by atoms with E-state index in [4.69, 9.17) is 5.41 Å². The number of carbonyl (C=O) groups is 1. The number of rotatable bonds is 5. The summed E-state index contributed by atoms with van der Waals surface area (Å²) < 4.78 is 0. The zero-order valence-corrected chi connectivity index (χ0v) is 14.0. The van der Waals surface area contributed by atoms with Crippen LogP contribution in [0.15, 0.2) is 0 Å². The first-order chi connectivity index (χ1) is 10.7. The molecule has 2 N–H and O–H groups in total. The van der Waals surface area contributed by atoms with Crippen LogP contribution in [0.3, 0.4) is 0 Å². The lowest BCUT2D eigenvalue weighted by molar-refractivity contribution is -0.123. The van der Waals surface area contributed by atoms with Gasteiger partial charge < -0.3 is 5.32 Å². The summed E-state index contributed by atoms with van der Waals surface area (Å²) in [5.74, 6) is 2.28. The molecule has 22 heavy (non-hydrogen) atoms. The minimum absolute atomic E-state index is 0.305. The molecule has 3 rings (SSSR count). The van der Waals surface area contributed by atoms with E-state index in [0.717, 1.165) is 18.8 Å². The maximum Gasteiger partial charge on any atom is 0.165 e. The lowest BCUT2D eigenvalue weighted by Gasteiger charge is -2.35. The van der Waals surface area contributed by atoms with E-state index in [0.29, 0.717) is 24.0 Å². The summed E-state index contributed by atoms with van der Waals surface area (Å²) >= 11 is 0. The van der Waals surface area contributed by atoms with E-state index in [1.807, 2.05) is 0 Å². The lowest BCUT2D eigenvalue weighted by Crippen LogP contribution is -2.48. The average molecular weight is 304 g/mol. The van der Waals surface area contributed by atoms with E-state index >= 15 is 0 Å². The molecule has 3 heteroatoms. The molecule has 3 nitrogen and oxygen atoms in total. The monoisotopic (exact) mass is 304 g/mol. The summed E-state index contributed by atoms with van der Waals surface area (Å²) in [6.45, 7) is 0. The van der Waals surface area contributed by atoms with Crippen molar-refractivity contribution in [3.63, 3.8) is 0 Å². The quantitative estimate of drug-likeness (QED) is 0.780. The Morgan fingerprint density at radius 2 is 1.55 bits per heavy atom. The fourth-order valence-corrected chi connectivity index (χ4v) is 5.01. The SMILES string of the molecule is N=C1CC(=O)[C@@](CCC2CCCCC2)(CC2CCCCC2)N1. The predicted molar refractivity (Wildman–Crippen MR) is 90.2 cm³/mol. The normalized spacial score (nSPS) is 31.5. The molecule has 2 saturated carbocycles. The Kier molecular flexibility index (Phi) is 5.20. The van der Waals surface area contributed by atoms with Crippen LogP contribution in [0.1, 0.15) is 89.9 Å². The number of nitrogens with one attached hydrogen (secondary N) is 2. The third kappa shape index (κ3) is 3.72. The van der Waals surface area contributed by atoms with E-state index in [9.17, 15) is 4.79 Å². The van der Waals surface area contributed by atoms with Crippen LogP contribution in [0, 0.1) is 17.2 Å². The van der Waals surface area contributed by atoms with Crippen LogP contribution in [0.4, 0.5) is 0 Å². The number of amidine groups is 1. The van der Waals surface area contributed by atoms with Gasteiger partial charge in [-0.3, -0.25) is 10.2 Å². The topological polar surface area (TPSA) is 53.0 Å². The van der Waals surface area contributed by atoms with Crippen molar-refractivity contribution in [2.45, 2.75) is 95.4 Å². The molecule has 3 aliphatic rings. The first kappa shape index (κ1) is 16.0. The molecule has 0 aromatic rings. The van der Waals surface area contributed by atoms with Crippen LogP contribution in [-0.2, 0) is 4.79 Å². The third-order valence-electron chi connectivity index (χ3n) is 6.33. The second kappa shape index (κ2) is 7.14. The van der Waals surface area contributed by atoms with E-state index in [1.165, 1.54) is 70.6 Å². The largest absolute Gasteiger partial charge is 0.361 e. The number of hydrogen-bond donors (Lipinski definition) is 2. The summed E-state index contributed by atoms with van der Waals surface area (Å²) in [7, 11) is 0. The van der Waals surface area contributed by atoms with Crippen molar-refractivity contribution in [1.82, 2.24) is 5.32 Å². The van der Waals surface area contributed by atoms with Gasteiger partial charge in [-0.15, -0.1) is 0 Å². The smallest absolute Gasteiger partial charge is 0.165 e. The van der Waals surface area contributed by atoms with Crippen molar-refractivity contribution in [2.24, 2.45) is 11.8 Å². The Morgan fingerprint density at radius 3 is 2.09 bits per heavy atom. The molecule has 0 spiro atoms. The third-order valence-corrected chi connectivity index (χ3v) is 6.33. The molecule has 1 saturated heterocycles. The van der Waals surface area contributed by atoms with E-state index in [2.05, 4.69) is 5.32 Å². The molecule has 2 aliphatic carbocycles. The van der Waals surface area contributed by atoms with Crippen LogP contribution in [-0.4, -0.2) is 17.2 Å². The fraction of sp³-hybridized carbons (Fsp3) is 0.895. The van der Waals surface area contributed by atoms with Gasteiger partial charge in [0.1, 0.15) is 5.84 Å². The van der Waals surface area contributed by atoms with Crippen LogP contribution < -0.4 is 5.32 Å². The van der Waals surface area contributed by atoms with Gasteiger partial charge in [0.05, 0.1) is 12.0 Å². The summed E-state index contributed by atoms with van der Waals surface area (Å²) in [5.41, 5.74) is -0.378. The second-order valence-corrected chi connectivity index (χ2v) is 8.04.